The average Bonchev–Trinajstić information content (AvgIpc) is 2.75. The molecule has 2 unspecified atom stereocenters. The van der Waals surface area contributed by atoms with Gasteiger partial charge in [-0.15, -0.1) is 0 Å². The first-order valence-electron chi connectivity index (χ1n) is 6.27. The van der Waals surface area contributed by atoms with Crippen molar-refractivity contribution in [3.05, 3.63) is 23.6 Å². The van der Waals surface area contributed by atoms with Gasteiger partial charge in [-0.1, -0.05) is 0 Å². The maximum atomic E-state index is 13.3. The van der Waals surface area contributed by atoms with Gasteiger partial charge in [0.2, 0.25) is 0 Å². The van der Waals surface area contributed by atoms with Crippen molar-refractivity contribution in [2.24, 2.45) is 0 Å². The summed E-state index contributed by atoms with van der Waals surface area (Å²) in [7, 11) is 3.84. The lowest BCUT2D eigenvalue weighted by Gasteiger charge is -2.29. The number of nitrogens with one attached hydrogen (secondary N) is 1. The highest BCUT2D eigenvalue weighted by molar-refractivity contribution is 5.47. The molecule has 0 aliphatic carbocycles. The Morgan fingerprint density at radius 3 is 3.00 bits per heavy atom. The first kappa shape index (κ1) is 13.2. The number of aromatic nitrogens is 1. The summed E-state index contributed by atoms with van der Waals surface area (Å²) in [5, 5.41) is 3.04. The van der Waals surface area contributed by atoms with Gasteiger partial charge in [0.1, 0.15) is 11.6 Å². The Morgan fingerprint density at radius 2 is 2.39 bits per heavy atom. The molecular formula is C13H20FN3O. The average molecular weight is 253 g/mol. The van der Waals surface area contributed by atoms with E-state index in [2.05, 4.69) is 22.1 Å². The minimum atomic E-state index is -0.298. The van der Waals surface area contributed by atoms with Crippen LogP contribution < -0.4 is 10.2 Å². The lowest BCUT2D eigenvalue weighted by molar-refractivity contribution is 0.118. The number of ether oxygens (including phenoxy) is 1. The molecule has 2 rings (SSSR count). The molecular weight excluding hydrogens is 233 g/mol. The van der Waals surface area contributed by atoms with E-state index in [4.69, 9.17) is 4.74 Å². The van der Waals surface area contributed by atoms with Gasteiger partial charge in [0.05, 0.1) is 18.3 Å². The third-order valence-electron chi connectivity index (χ3n) is 3.44. The monoisotopic (exact) mass is 253 g/mol. The second-order valence-corrected chi connectivity index (χ2v) is 4.71. The summed E-state index contributed by atoms with van der Waals surface area (Å²) in [4.78, 5) is 6.33. The van der Waals surface area contributed by atoms with E-state index in [1.165, 1.54) is 12.3 Å². The Balaban J connectivity index is 2.25. The van der Waals surface area contributed by atoms with E-state index in [0.717, 1.165) is 24.4 Å². The third-order valence-corrected chi connectivity index (χ3v) is 3.44. The molecule has 5 heteroatoms. The Kier molecular flexibility index (Phi) is 4.14. The fourth-order valence-electron chi connectivity index (χ4n) is 2.50. The summed E-state index contributed by atoms with van der Waals surface area (Å²) in [5.41, 5.74) is 0.874. The lowest BCUT2D eigenvalue weighted by Crippen LogP contribution is -2.38. The highest BCUT2D eigenvalue weighted by Crippen LogP contribution is 2.25. The minimum Gasteiger partial charge on any atom is -0.376 e. The molecule has 18 heavy (non-hydrogen) atoms. The van der Waals surface area contributed by atoms with Crippen LogP contribution in [0.25, 0.3) is 0 Å². The largest absolute Gasteiger partial charge is 0.376 e. The van der Waals surface area contributed by atoms with E-state index in [-0.39, 0.29) is 11.9 Å². The second-order valence-electron chi connectivity index (χ2n) is 4.71. The molecule has 0 amide bonds. The van der Waals surface area contributed by atoms with Crippen LogP contribution in [0.15, 0.2) is 12.3 Å². The summed E-state index contributed by atoms with van der Waals surface area (Å²) in [5.74, 6) is 0.529. The molecule has 4 nitrogen and oxygen atoms in total. The quantitative estimate of drug-likeness (QED) is 0.883. The number of likely N-dealkylation sites (N-methyl/N-ethyl adjacent to an activating group) is 1. The summed E-state index contributed by atoms with van der Waals surface area (Å²) in [6.45, 7) is 3.44. The molecule has 1 aliphatic heterocycles. The molecule has 1 aromatic heterocycles. The third kappa shape index (κ3) is 2.62. The molecule has 1 N–H and O–H groups in total. The molecule has 1 aromatic rings. The number of rotatable bonds is 4. The maximum Gasteiger partial charge on any atom is 0.141 e. The van der Waals surface area contributed by atoms with Crippen molar-refractivity contribution in [3.63, 3.8) is 0 Å². The predicted molar refractivity (Wildman–Crippen MR) is 69.2 cm³/mol. The van der Waals surface area contributed by atoms with Crippen LogP contribution in [-0.2, 0) is 11.3 Å². The number of halogens is 1. The van der Waals surface area contributed by atoms with E-state index in [1.807, 2.05) is 14.1 Å². The van der Waals surface area contributed by atoms with Crippen LogP contribution in [0.1, 0.15) is 18.9 Å². The molecule has 2 atom stereocenters. The standard InChI is InChI=1S/C13H20FN3O/c1-9-12(4-5-18-9)17(3)13-10(7-15-2)6-11(14)8-16-13/h6,8-9,12,15H,4-5,7H2,1-3H3. The number of hydrogen-bond donors (Lipinski definition) is 1. The molecule has 1 saturated heterocycles. The molecule has 0 bridgehead atoms. The van der Waals surface area contributed by atoms with Crippen molar-refractivity contribution in [3.8, 4) is 0 Å². The fourth-order valence-corrected chi connectivity index (χ4v) is 2.50. The van der Waals surface area contributed by atoms with Crippen LogP contribution in [0.4, 0.5) is 10.2 Å². The smallest absolute Gasteiger partial charge is 0.141 e. The van der Waals surface area contributed by atoms with Gasteiger partial charge >= 0.3 is 0 Å². The van der Waals surface area contributed by atoms with Crippen molar-refractivity contribution < 1.29 is 9.13 Å². The highest BCUT2D eigenvalue weighted by Gasteiger charge is 2.29. The van der Waals surface area contributed by atoms with Gasteiger partial charge in [0.15, 0.2) is 0 Å². The first-order valence-corrected chi connectivity index (χ1v) is 6.27. The van der Waals surface area contributed by atoms with Gasteiger partial charge < -0.3 is 15.0 Å². The number of anilines is 1. The first-order chi connectivity index (χ1) is 8.63. The Morgan fingerprint density at radius 1 is 1.61 bits per heavy atom. The summed E-state index contributed by atoms with van der Waals surface area (Å²) < 4.78 is 18.8. The van der Waals surface area contributed by atoms with Crippen LogP contribution in [0.2, 0.25) is 0 Å². The van der Waals surface area contributed by atoms with Crippen LogP contribution >= 0.6 is 0 Å². The van der Waals surface area contributed by atoms with Crippen molar-refractivity contribution in [1.29, 1.82) is 0 Å². The molecule has 0 spiro atoms. The van der Waals surface area contributed by atoms with Gasteiger partial charge in [-0.3, -0.25) is 0 Å². The van der Waals surface area contributed by atoms with E-state index in [1.54, 1.807) is 0 Å². The van der Waals surface area contributed by atoms with Crippen molar-refractivity contribution in [2.75, 3.05) is 25.6 Å². The maximum absolute atomic E-state index is 13.3. The van der Waals surface area contributed by atoms with Crippen LogP contribution in [0, 0.1) is 5.82 Å². The molecule has 100 valence electrons. The Hall–Kier alpha value is -1.20. The molecule has 0 saturated carbocycles. The summed E-state index contributed by atoms with van der Waals surface area (Å²) in [6.07, 6.45) is 2.44. The highest BCUT2D eigenvalue weighted by atomic mass is 19.1. The number of nitrogens with zero attached hydrogens (tertiary/aromatic N) is 2. The molecule has 0 aromatic carbocycles. The van der Waals surface area contributed by atoms with Gasteiger partial charge in [0, 0.05) is 25.8 Å². The van der Waals surface area contributed by atoms with Gasteiger partial charge in [-0.2, -0.15) is 0 Å². The summed E-state index contributed by atoms with van der Waals surface area (Å²) >= 11 is 0. The van der Waals surface area contributed by atoms with Crippen molar-refractivity contribution >= 4 is 5.82 Å². The van der Waals surface area contributed by atoms with Crippen LogP contribution in [0.5, 0.6) is 0 Å². The fraction of sp³-hybridized carbons (Fsp3) is 0.615. The van der Waals surface area contributed by atoms with E-state index < -0.39 is 0 Å². The van der Waals surface area contributed by atoms with Crippen molar-refractivity contribution in [1.82, 2.24) is 10.3 Å². The number of hydrogen-bond acceptors (Lipinski definition) is 4. The predicted octanol–water partition coefficient (Wildman–Crippen LogP) is 1.55. The van der Waals surface area contributed by atoms with Gasteiger partial charge in [0.25, 0.3) is 0 Å². The zero-order valence-electron chi connectivity index (χ0n) is 11.1. The molecule has 1 aliphatic rings. The molecule has 0 radical (unpaired) electrons. The summed E-state index contributed by atoms with van der Waals surface area (Å²) in [6, 6.07) is 1.84. The topological polar surface area (TPSA) is 37.4 Å². The second kappa shape index (κ2) is 5.63. The molecule has 1 fully saturated rings. The normalized spacial score (nSPS) is 23.3. The van der Waals surface area contributed by atoms with Gasteiger partial charge in [-0.05, 0) is 26.5 Å². The minimum absolute atomic E-state index is 0.185. The van der Waals surface area contributed by atoms with Crippen molar-refractivity contribution in [2.45, 2.75) is 32.0 Å². The van der Waals surface area contributed by atoms with E-state index >= 15 is 0 Å². The van der Waals surface area contributed by atoms with Crippen LogP contribution in [-0.4, -0.2) is 37.8 Å². The lowest BCUT2D eigenvalue weighted by atomic mass is 10.1. The van der Waals surface area contributed by atoms with Gasteiger partial charge in [-0.25, -0.2) is 9.37 Å². The van der Waals surface area contributed by atoms with Crippen LogP contribution in [0.3, 0.4) is 0 Å². The SMILES string of the molecule is CNCc1cc(F)cnc1N(C)C1CCOC1C. The zero-order chi connectivity index (χ0) is 13.1. The Bertz CT molecular complexity index is 413. The zero-order valence-corrected chi connectivity index (χ0v) is 11.1. The molecule has 2 heterocycles. The Labute approximate surface area is 107 Å². The van der Waals surface area contributed by atoms with E-state index in [0.29, 0.717) is 12.6 Å². The number of pyridine rings is 1. The van der Waals surface area contributed by atoms with E-state index in [9.17, 15) is 4.39 Å².